The molecule has 0 spiro atoms. The fourth-order valence-electron chi connectivity index (χ4n) is 3.16. The molecule has 3 rings (SSSR count). The number of hydrogen-bond acceptors (Lipinski definition) is 6. The first-order chi connectivity index (χ1) is 14.9. The van der Waals surface area contributed by atoms with Crippen molar-refractivity contribution in [3.63, 3.8) is 0 Å². The van der Waals surface area contributed by atoms with Crippen molar-refractivity contribution in [1.82, 2.24) is 15.0 Å². The Morgan fingerprint density at radius 3 is 2.68 bits per heavy atom. The third kappa shape index (κ3) is 5.19. The zero-order chi connectivity index (χ0) is 22.4. The number of fused-ring (bicyclic) bond motifs is 1. The maximum absolute atomic E-state index is 12.5. The average Bonchev–Trinajstić information content (AvgIpc) is 3.07. The van der Waals surface area contributed by atoms with Crippen molar-refractivity contribution in [2.75, 3.05) is 13.2 Å². The van der Waals surface area contributed by atoms with E-state index in [1.54, 1.807) is 30.3 Å². The van der Waals surface area contributed by atoms with Crippen molar-refractivity contribution in [3.05, 3.63) is 53.3 Å². The van der Waals surface area contributed by atoms with Crippen molar-refractivity contribution in [1.29, 1.82) is 0 Å². The minimum Gasteiger partial charge on any atom is -0.490 e. The van der Waals surface area contributed by atoms with E-state index >= 15 is 0 Å². The van der Waals surface area contributed by atoms with Crippen LogP contribution in [0.1, 0.15) is 35.6 Å². The molecule has 2 aromatic carbocycles. The van der Waals surface area contributed by atoms with Crippen molar-refractivity contribution in [3.8, 4) is 11.5 Å². The van der Waals surface area contributed by atoms with Crippen molar-refractivity contribution in [2.45, 2.75) is 27.3 Å². The number of aromatic nitrogens is 2. The number of nitrogens with one attached hydrogen (secondary N) is 1. The van der Waals surface area contributed by atoms with Crippen LogP contribution in [0.15, 0.2) is 41.5 Å². The molecule has 3 N–H and O–H groups in total. The molecule has 0 aliphatic carbocycles. The Kier molecular flexibility index (Phi) is 6.86. The third-order valence-electron chi connectivity index (χ3n) is 4.53. The number of aryl methyl sites for hydroxylation is 2. The first-order valence-electron chi connectivity index (χ1n) is 9.91. The largest absolute Gasteiger partial charge is 0.490 e. The highest BCUT2D eigenvalue weighted by atomic mass is 16.5. The Labute approximate surface area is 179 Å². The second kappa shape index (κ2) is 9.75. The van der Waals surface area contributed by atoms with Crippen LogP contribution in [0, 0.1) is 6.92 Å². The molecule has 0 aliphatic heterocycles. The predicted octanol–water partition coefficient (Wildman–Crippen LogP) is 2.39. The number of amides is 2. The van der Waals surface area contributed by atoms with Gasteiger partial charge in [-0.1, -0.05) is 0 Å². The van der Waals surface area contributed by atoms with Gasteiger partial charge in [-0.2, -0.15) is 5.10 Å². The van der Waals surface area contributed by atoms with Gasteiger partial charge in [0.2, 0.25) is 0 Å². The van der Waals surface area contributed by atoms with Crippen LogP contribution in [-0.4, -0.2) is 40.8 Å². The van der Waals surface area contributed by atoms with Crippen LogP contribution in [0.25, 0.3) is 11.0 Å². The first-order valence-corrected chi connectivity index (χ1v) is 9.91. The minimum absolute atomic E-state index is 0.246. The molecule has 0 aliphatic rings. The predicted molar refractivity (Wildman–Crippen MR) is 118 cm³/mol. The zero-order valence-corrected chi connectivity index (χ0v) is 17.7. The van der Waals surface area contributed by atoms with E-state index in [-0.39, 0.29) is 12.5 Å². The quantitative estimate of drug-likeness (QED) is 0.404. The van der Waals surface area contributed by atoms with E-state index in [1.165, 1.54) is 6.21 Å². The third-order valence-corrected chi connectivity index (χ3v) is 4.53. The molecule has 9 heteroatoms. The van der Waals surface area contributed by atoms with Gasteiger partial charge < -0.3 is 19.8 Å². The second-order valence-corrected chi connectivity index (χ2v) is 6.70. The first kappa shape index (κ1) is 21.8. The van der Waals surface area contributed by atoms with Crippen LogP contribution in [0.2, 0.25) is 0 Å². The Hall–Kier alpha value is -3.88. The molecule has 162 valence electrons. The van der Waals surface area contributed by atoms with Crippen LogP contribution in [-0.2, 0) is 11.3 Å². The number of carbonyl (C=O) groups is 2. The van der Waals surface area contributed by atoms with Gasteiger partial charge in [0.1, 0.15) is 5.82 Å². The summed E-state index contributed by atoms with van der Waals surface area (Å²) in [6.07, 6.45) is 1.49. The SMILES string of the molecule is CCOc1cc(C=NNC(=O)c2ccc3c(c2)nc(C)n3CC)ccc1OCC(N)=O. The van der Waals surface area contributed by atoms with Gasteiger partial charge in [-0.05, 0) is 62.7 Å². The lowest BCUT2D eigenvalue weighted by atomic mass is 10.2. The summed E-state index contributed by atoms with van der Waals surface area (Å²) in [6.45, 7) is 6.81. The van der Waals surface area contributed by atoms with Crippen LogP contribution < -0.4 is 20.6 Å². The number of hydrogen-bond donors (Lipinski definition) is 2. The lowest BCUT2D eigenvalue weighted by Crippen LogP contribution is -2.20. The fourth-order valence-corrected chi connectivity index (χ4v) is 3.16. The number of hydrazone groups is 1. The summed E-state index contributed by atoms with van der Waals surface area (Å²) in [5, 5.41) is 4.02. The highest BCUT2D eigenvalue weighted by Crippen LogP contribution is 2.28. The van der Waals surface area contributed by atoms with Gasteiger partial charge in [0.25, 0.3) is 11.8 Å². The van der Waals surface area contributed by atoms with Gasteiger partial charge in [-0.25, -0.2) is 10.4 Å². The molecule has 2 amide bonds. The molecule has 1 heterocycles. The van der Waals surface area contributed by atoms with Crippen LogP contribution in [0.5, 0.6) is 11.5 Å². The maximum atomic E-state index is 12.5. The van der Waals surface area contributed by atoms with Gasteiger partial charge in [0.15, 0.2) is 18.1 Å². The van der Waals surface area contributed by atoms with Gasteiger partial charge in [0, 0.05) is 12.1 Å². The van der Waals surface area contributed by atoms with Crippen LogP contribution in [0.3, 0.4) is 0 Å². The monoisotopic (exact) mass is 423 g/mol. The number of ether oxygens (including phenoxy) is 2. The maximum Gasteiger partial charge on any atom is 0.271 e. The summed E-state index contributed by atoms with van der Waals surface area (Å²) >= 11 is 0. The summed E-state index contributed by atoms with van der Waals surface area (Å²) in [7, 11) is 0. The molecule has 0 atom stereocenters. The lowest BCUT2D eigenvalue weighted by Gasteiger charge is -2.11. The van der Waals surface area contributed by atoms with E-state index in [1.807, 2.05) is 19.9 Å². The topological polar surface area (TPSA) is 121 Å². The fraction of sp³-hybridized carbons (Fsp3) is 0.273. The number of nitrogens with two attached hydrogens (primary N) is 1. The Bertz CT molecular complexity index is 1140. The van der Waals surface area contributed by atoms with Gasteiger partial charge in [-0.15, -0.1) is 0 Å². The van der Waals surface area contributed by atoms with Gasteiger partial charge in [-0.3, -0.25) is 9.59 Å². The Morgan fingerprint density at radius 2 is 1.97 bits per heavy atom. The van der Waals surface area contributed by atoms with Gasteiger partial charge >= 0.3 is 0 Å². The molecular weight excluding hydrogens is 398 g/mol. The van der Waals surface area contributed by atoms with Crippen molar-refractivity contribution >= 4 is 29.1 Å². The molecule has 31 heavy (non-hydrogen) atoms. The molecular formula is C22H25N5O4. The smallest absolute Gasteiger partial charge is 0.271 e. The minimum atomic E-state index is -0.578. The summed E-state index contributed by atoms with van der Waals surface area (Å²) in [6, 6.07) is 10.5. The number of nitrogens with zero attached hydrogens (tertiary/aromatic N) is 3. The molecule has 0 saturated heterocycles. The van der Waals surface area contributed by atoms with E-state index in [2.05, 4.69) is 27.0 Å². The summed E-state index contributed by atoms with van der Waals surface area (Å²) in [4.78, 5) is 27.9. The molecule has 1 aromatic heterocycles. The summed E-state index contributed by atoms with van der Waals surface area (Å²) in [5.74, 6) is 0.837. The number of benzene rings is 2. The standard InChI is InChI=1S/C22H25N5O4/c1-4-27-14(3)25-17-11-16(7-8-18(17)27)22(29)26-24-12-15-6-9-19(31-13-21(23)28)20(10-15)30-5-2/h6-12H,4-5,13H2,1-3H3,(H2,23,28)(H,26,29). The molecule has 0 bridgehead atoms. The Balaban J connectivity index is 1.70. The molecule has 0 fully saturated rings. The van der Waals surface area contributed by atoms with Gasteiger partial charge in [0.05, 0.1) is 23.9 Å². The van der Waals surface area contributed by atoms with Crippen LogP contribution in [0.4, 0.5) is 0 Å². The van der Waals surface area contributed by atoms with Crippen LogP contribution >= 0.6 is 0 Å². The number of rotatable bonds is 9. The lowest BCUT2D eigenvalue weighted by molar-refractivity contribution is -0.119. The normalized spacial score (nSPS) is 11.1. The number of primary amides is 1. The van der Waals surface area contributed by atoms with Crippen molar-refractivity contribution in [2.24, 2.45) is 10.8 Å². The molecule has 9 nitrogen and oxygen atoms in total. The van der Waals surface area contributed by atoms with E-state index in [0.717, 1.165) is 23.4 Å². The summed E-state index contributed by atoms with van der Waals surface area (Å²) in [5.41, 5.74) is 10.5. The number of carbonyl (C=O) groups excluding carboxylic acids is 2. The van der Waals surface area contributed by atoms with E-state index in [9.17, 15) is 9.59 Å². The van der Waals surface area contributed by atoms with Crippen molar-refractivity contribution < 1.29 is 19.1 Å². The average molecular weight is 423 g/mol. The Morgan fingerprint density at radius 1 is 1.16 bits per heavy atom. The van der Waals surface area contributed by atoms with E-state index in [0.29, 0.717) is 29.2 Å². The van der Waals surface area contributed by atoms with E-state index in [4.69, 9.17) is 15.2 Å². The highest BCUT2D eigenvalue weighted by molar-refractivity contribution is 5.98. The zero-order valence-electron chi connectivity index (χ0n) is 17.7. The molecule has 0 unspecified atom stereocenters. The second-order valence-electron chi connectivity index (χ2n) is 6.70. The molecule has 0 radical (unpaired) electrons. The summed E-state index contributed by atoms with van der Waals surface area (Å²) < 4.78 is 13.0. The van der Waals surface area contributed by atoms with E-state index < -0.39 is 5.91 Å². The molecule has 0 saturated carbocycles. The molecule has 3 aromatic rings. The highest BCUT2D eigenvalue weighted by Gasteiger charge is 2.11. The number of imidazole rings is 1.